The lowest BCUT2D eigenvalue weighted by molar-refractivity contribution is 0.162. The van der Waals surface area contributed by atoms with Gasteiger partial charge in [-0.3, -0.25) is 0 Å². The first kappa shape index (κ1) is 37.7. The van der Waals surface area contributed by atoms with Crippen LogP contribution < -0.4 is 0 Å². The number of hydrogen-bond donors (Lipinski definition) is 0. The van der Waals surface area contributed by atoms with Crippen molar-refractivity contribution in [1.29, 1.82) is 0 Å². The molecule has 0 spiro atoms. The molecule has 4 unspecified atom stereocenters. The SMILES string of the molecule is CC(C)(C)c1cc(CC(Cc2cc(C(C)(C)C)cc(C(C)(C)C)c2)(C2=NC3c4ccccc4CC3O2)C2=NC3c4ccccc4CC3O2)cc(C(C)(C)C)c1. The Morgan fingerprint density at radius 2 is 0.800 bits per heavy atom. The third-order valence-electron chi connectivity index (χ3n) is 12.6. The third-order valence-corrected chi connectivity index (χ3v) is 12.6. The molecule has 55 heavy (non-hydrogen) atoms. The summed E-state index contributed by atoms with van der Waals surface area (Å²) < 4.78 is 14.5. The Morgan fingerprint density at radius 3 is 1.13 bits per heavy atom. The molecule has 2 heterocycles. The molecule has 0 aromatic heterocycles. The molecule has 8 rings (SSSR count). The Morgan fingerprint density at radius 1 is 0.473 bits per heavy atom. The highest BCUT2D eigenvalue weighted by Crippen LogP contribution is 2.50. The summed E-state index contributed by atoms with van der Waals surface area (Å²) in [7, 11) is 0. The van der Waals surface area contributed by atoms with Gasteiger partial charge in [-0.25, -0.2) is 9.98 Å². The molecular weight excluding hydrogens is 673 g/mol. The van der Waals surface area contributed by atoms with E-state index in [-0.39, 0.29) is 46.0 Å². The zero-order valence-electron chi connectivity index (χ0n) is 35.4. The number of nitrogens with zero attached hydrogens (tertiary/aromatic N) is 2. The molecule has 0 amide bonds. The van der Waals surface area contributed by atoms with E-state index in [9.17, 15) is 0 Å². The van der Waals surface area contributed by atoms with Crippen LogP contribution in [0.25, 0.3) is 0 Å². The number of fused-ring (bicyclic) bond motifs is 6. The van der Waals surface area contributed by atoms with Crippen LogP contribution >= 0.6 is 0 Å². The van der Waals surface area contributed by atoms with E-state index >= 15 is 0 Å². The van der Waals surface area contributed by atoms with Gasteiger partial charge >= 0.3 is 0 Å². The maximum atomic E-state index is 7.26. The number of hydrogen-bond acceptors (Lipinski definition) is 4. The molecule has 288 valence electrons. The van der Waals surface area contributed by atoms with Crippen molar-refractivity contribution in [2.75, 3.05) is 0 Å². The smallest absolute Gasteiger partial charge is 0.201 e. The van der Waals surface area contributed by atoms with Gasteiger partial charge in [0.05, 0.1) is 0 Å². The molecule has 0 radical (unpaired) electrons. The van der Waals surface area contributed by atoms with E-state index in [1.54, 1.807) is 0 Å². The van der Waals surface area contributed by atoms with Crippen molar-refractivity contribution in [3.63, 3.8) is 0 Å². The fourth-order valence-corrected chi connectivity index (χ4v) is 9.14. The van der Waals surface area contributed by atoms with Crippen molar-refractivity contribution >= 4 is 11.8 Å². The number of ether oxygens (including phenoxy) is 2. The molecule has 2 aliphatic heterocycles. The normalized spacial score (nSPS) is 22.0. The maximum absolute atomic E-state index is 7.26. The van der Waals surface area contributed by atoms with Gasteiger partial charge in [0.2, 0.25) is 11.8 Å². The molecule has 4 heteroatoms. The van der Waals surface area contributed by atoms with E-state index in [4.69, 9.17) is 19.5 Å². The first-order chi connectivity index (χ1) is 25.7. The van der Waals surface area contributed by atoms with Crippen molar-refractivity contribution in [3.8, 4) is 0 Å². The Kier molecular flexibility index (Phi) is 8.87. The summed E-state index contributed by atoms with van der Waals surface area (Å²) in [4.78, 5) is 11.3. The van der Waals surface area contributed by atoms with Crippen LogP contribution in [0.3, 0.4) is 0 Å². The Balaban J connectivity index is 1.38. The lowest BCUT2D eigenvalue weighted by Crippen LogP contribution is -2.45. The minimum atomic E-state index is -0.768. The minimum absolute atomic E-state index is 0.0223. The molecule has 4 aliphatic rings. The Hall–Kier alpha value is -4.18. The predicted molar refractivity (Wildman–Crippen MR) is 228 cm³/mol. The van der Waals surface area contributed by atoms with Crippen LogP contribution in [-0.2, 0) is 56.8 Å². The van der Waals surface area contributed by atoms with Gasteiger partial charge in [-0.15, -0.1) is 0 Å². The minimum Gasteiger partial charge on any atom is -0.474 e. The van der Waals surface area contributed by atoms with Gasteiger partial charge in [0.25, 0.3) is 0 Å². The van der Waals surface area contributed by atoms with Crippen LogP contribution in [0.2, 0.25) is 0 Å². The largest absolute Gasteiger partial charge is 0.474 e. The lowest BCUT2D eigenvalue weighted by atomic mass is 9.71. The van der Waals surface area contributed by atoms with Gasteiger partial charge in [-0.1, -0.05) is 168 Å². The van der Waals surface area contributed by atoms with Crippen molar-refractivity contribution in [1.82, 2.24) is 0 Å². The molecule has 0 saturated carbocycles. The topological polar surface area (TPSA) is 43.2 Å². The molecule has 2 aliphatic carbocycles. The van der Waals surface area contributed by atoms with E-state index < -0.39 is 5.41 Å². The summed E-state index contributed by atoms with van der Waals surface area (Å²) in [5.41, 5.74) is 12.3. The standard InChI is InChI=1S/C51H62N2O2/c1-47(2,3)35-21-31(22-36(27-35)48(4,5)6)29-51(45-52-43-39-19-15-13-17-33(39)25-41(43)54-45,46-53-44-40-20-16-14-18-34(40)26-42(44)55-46)30-32-23-37(49(7,8)9)28-38(24-32)50(10,11)12/h13-24,27-28,41-44H,25-26,29-30H2,1-12H3. The van der Waals surface area contributed by atoms with E-state index in [1.807, 2.05) is 0 Å². The molecular formula is C51H62N2O2. The van der Waals surface area contributed by atoms with E-state index in [0.717, 1.165) is 24.6 Å². The first-order valence-electron chi connectivity index (χ1n) is 20.6. The lowest BCUT2D eigenvalue weighted by Gasteiger charge is -2.36. The molecule has 0 bridgehead atoms. The van der Waals surface area contributed by atoms with Crippen LogP contribution in [0.5, 0.6) is 0 Å². The Labute approximate surface area is 330 Å². The van der Waals surface area contributed by atoms with E-state index in [1.165, 1.54) is 55.6 Å². The van der Waals surface area contributed by atoms with E-state index in [0.29, 0.717) is 12.8 Å². The predicted octanol–water partition coefficient (Wildman–Crippen LogP) is 11.8. The van der Waals surface area contributed by atoms with Crippen LogP contribution in [0.1, 0.15) is 151 Å². The molecule has 0 saturated heterocycles. The summed E-state index contributed by atoms with van der Waals surface area (Å²) in [6, 6.07) is 32.0. The van der Waals surface area contributed by atoms with Crippen LogP contribution in [0.4, 0.5) is 0 Å². The summed E-state index contributed by atoms with van der Waals surface area (Å²) in [6.07, 6.45) is 2.99. The van der Waals surface area contributed by atoms with Gasteiger partial charge in [0.15, 0.2) is 0 Å². The molecule has 4 nitrogen and oxygen atoms in total. The second-order valence-corrected chi connectivity index (χ2v) is 21.1. The van der Waals surface area contributed by atoms with Crippen LogP contribution in [-0.4, -0.2) is 24.0 Å². The molecule has 4 atom stereocenters. The first-order valence-corrected chi connectivity index (χ1v) is 20.6. The van der Waals surface area contributed by atoms with Gasteiger partial charge in [-0.05, 0) is 90.1 Å². The fourth-order valence-electron chi connectivity index (χ4n) is 9.14. The van der Waals surface area contributed by atoms with Gasteiger partial charge < -0.3 is 9.47 Å². The molecule has 4 aromatic rings. The summed E-state index contributed by atoms with van der Waals surface area (Å²) >= 11 is 0. The van der Waals surface area contributed by atoms with Gasteiger partial charge in [0.1, 0.15) is 29.7 Å². The highest BCUT2D eigenvalue weighted by molar-refractivity contribution is 6.07. The summed E-state index contributed by atoms with van der Waals surface area (Å²) in [5, 5.41) is 0. The highest BCUT2D eigenvalue weighted by Gasteiger charge is 2.55. The van der Waals surface area contributed by atoms with Gasteiger partial charge in [-0.2, -0.15) is 0 Å². The highest BCUT2D eigenvalue weighted by atomic mass is 16.5. The van der Waals surface area contributed by atoms with Crippen LogP contribution in [0.15, 0.2) is 94.9 Å². The zero-order valence-corrected chi connectivity index (χ0v) is 35.4. The fraction of sp³-hybridized carbons (Fsp3) is 0.490. The number of rotatable bonds is 6. The quantitative estimate of drug-likeness (QED) is 0.198. The second-order valence-electron chi connectivity index (χ2n) is 21.1. The number of aliphatic imine (C=N–C) groups is 2. The second kappa shape index (κ2) is 12.9. The monoisotopic (exact) mass is 734 g/mol. The average Bonchev–Trinajstić information content (AvgIpc) is 3.86. The number of benzene rings is 4. The summed E-state index contributed by atoms with van der Waals surface area (Å²) in [5.74, 6) is 1.56. The average molecular weight is 735 g/mol. The van der Waals surface area contributed by atoms with Crippen LogP contribution in [0, 0.1) is 5.41 Å². The molecule has 0 N–H and O–H groups in total. The van der Waals surface area contributed by atoms with Gasteiger partial charge in [0, 0.05) is 12.8 Å². The van der Waals surface area contributed by atoms with Crippen molar-refractivity contribution in [2.24, 2.45) is 15.4 Å². The van der Waals surface area contributed by atoms with Crippen molar-refractivity contribution < 1.29 is 9.47 Å². The zero-order chi connectivity index (χ0) is 39.3. The third kappa shape index (κ3) is 6.97. The summed E-state index contributed by atoms with van der Waals surface area (Å²) in [6.45, 7) is 27.9. The Bertz CT molecular complexity index is 1970. The maximum Gasteiger partial charge on any atom is 0.201 e. The van der Waals surface area contributed by atoms with Crippen molar-refractivity contribution in [2.45, 2.75) is 155 Å². The molecule has 4 aromatic carbocycles. The molecule has 0 fully saturated rings. The van der Waals surface area contributed by atoms with Crippen molar-refractivity contribution in [3.05, 3.63) is 141 Å². The van der Waals surface area contributed by atoms with E-state index in [2.05, 4.69) is 168 Å².